The molecular formula is C16H14ClFN2. The second kappa shape index (κ2) is 4.91. The molecule has 0 saturated heterocycles. The maximum Gasteiger partial charge on any atom is 0.147 e. The molecule has 0 unspecified atom stereocenters. The van der Waals surface area contributed by atoms with Crippen molar-refractivity contribution < 1.29 is 4.39 Å². The molecule has 102 valence electrons. The van der Waals surface area contributed by atoms with Crippen LogP contribution in [-0.2, 0) is 5.88 Å². The van der Waals surface area contributed by atoms with Gasteiger partial charge >= 0.3 is 0 Å². The van der Waals surface area contributed by atoms with Gasteiger partial charge in [0.2, 0.25) is 0 Å². The average molecular weight is 289 g/mol. The van der Waals surface area contributed by atoms with Gasteiger partial charge in [-0.05, 0) is 49.2 Å². The quantitative estimate of drug-likeness (QED) is 0.634. The normalized spacial score (nSPS) is 11.2. The van der Waals surface area contributed by atoms with Crippen molar-refractivity contribution >= 4 is 22.6 Å². The Hall–Kier alpha value is -1.87. The highest BCUT2D eigenvalue weighted by Gasteiger charge is 2.14. The van der Waals surface area contributed by atoms with Crippen molar-refractivity contribution in [2.45, 2.75) is 19.7 Å². The highest BCUT2D eigenvalue weighted by atomic mass is 35.5. The predicted octanol–water partition coefficient (Wildman–Crippen LogP) is 4.52. The summed E-state index contributed by atoms with van der Waals surface area (Å²) >= 11 is 5.97. The van der Waals surface area contributed by atoms with Crippen molar-refractivity contribution in [3.63, 3.8) is 0 Å². The summed E-state index contributed by atoms with van der Waals surface area (Å²) in [7, 11) is 0. The lowest BCUT2D eigenvalue weighted by Gasteiger charge is -2.10. The highest BCUT2D eigenvalue weighted by Crippen LogP contribution is 2.25. The lowest BCUT2D eigenvalue weighted by Crippen LogP contribution is -2.02. The van der Waals surface area contributed by atoms with Crippen LogP contribution in [0.1, 0.15) is 17.0 Å². The predicted molar refractivity (Wildman–Crippen MR) is 80.1 cm³/mol. The Balaban J connectivity index is 2.36. The monoisotopic (exact) mass is 288 g/mol. The van der Waals surface area contributed by atoms with Gasteiger partial charge in [0.05, 0.1) is 22.6 Å². The number of benzene rings is 2. The van der Waals surface area contributed by atoms with Crippen LogP contribution in [0.15, 0.2) is 36.4 Å². The van der Waals surface area contributed by atoms with E-state index in [0.717, 1.165) is 22.2 Å². The van der Waals surface area contributed by atoms with Crippen LogP contribution in [0.4, 0.5) is 4.39 Å². The van der Waals surface area contributed by atoms with E-state index in [4.69, 9.17) is 11.6 Å². The molecule has 1 aromatic heterocycles. The van der Waals surface area contributed by atoms with Gasteiger partial charge in [-0.3, -0.25) is 4.57 Å². The molecule has 2 nitrogen and oxygen atoms in total. The minimum atomic E-state index is -0.267. The summed E-state index contributed by atoms with van der Waals surface area (Å²) < 4.78 is 16.1. The van der Waals surface area contributed by atoms with Crippen molar-refractivity contribution in [3.8, 4) is 5.69 Å². The van der Waals surface area contributed by atoms with E-state index in [-0.39, 0.29) is 11.7 Å². The van der Waals surface area contributed by atoms with E-state index in [1.165, 1.54) is 6.07 Å². The molecule has 0 aliphatic carbocycles. The Morgan fingerprint density at radius 3 is 2.50 bits per heavy atom. The van der Waals surface area contributed by atoms with Crippen molar-refractivity contribution in [1.29, 1.82) is 0 Å². The number of alkyl halides is 1. The van der Waals surface area contributed by atoms with E-state index in [2.05, 4.69) is 4.98 Å². The topological polar surface area (TPSA) is 17.8 Å². The number of aromatic nitrogens is 2. The fourth-order valence-electron chi connectivity index (χ4n) is 2.39. The average Bonchev–Trinajstić information content (AvgIpc) is 2.76. The van der Waals surface area contributed by atoms with Crippen LogP contribution in [-0.4, -0.2) is 9.55 Å². The van der Waals surface area contributed by atoms with Crippen molar-refractivity contribution in [2.24, 2.45) is 0 Å². The molecule has 0 fully saturated rings. The van der Waals surface area contributed by atoms with Gasteiger partial charge < -0.3 is 0 Å². The summed E-state index contributed by atoms with van der Waals surface area (Å²) in [6, 6.07) is 11.1. The number of rotatable bonds is 2. The summed E-state index contributed by atoms with van der Waals surface area (Å²) in [5.74, 6) is 0.619. The van der Waals surface area contributed by atoms with E-state index >= 15 is 0 Å². The zero-order chi connectivity index (χ0) is 14.3. The zero-order valence-corrected chi connectivity index (χ0v) is 12.1. The van der Waals surface area contributed by atoms with Crippen LogP contribution in [0.5, 0.6) is 0 Å². The number of imidazole rings is 1. The minimum absolute atomic E-state index is 0.237. The summed E-state index contributed by atoms with van der Waals surface area (Å²) in [5, 5.41) is 0. The number of fused-ring (bicyclic) bond motifs is 1. The SMILES string of the molecule is Cc1ccc(-n2c(CCl)nc3ccc(C)cc32)c(F)c1. The molecule has 0 aliphatic rings. The van der Waals surface area contributed by atoms with Crippen LogP contribution in [0.3, 0.4) is 0 Å². The summed E-state index contributed by atoms with van der Waals surface area (Å²) in [4.78, 5) is 4.48. The molecule has 1 heterocycles. The number of halogens is 2. The first-order valence-electron chi connectivity index (χ1n) is 6.40. The molecule has 4 heteroatoms. The molecule has 2 aromatic carbocycles. The van der Waals surface area contributed by atoms with Crippen LogP contribution >= 0.6 is 11.6 Å². The van der Waals surface area contributed by atoms with Gasteiger partial charge in [-0.2, -0.15) is 0 Å². The zero-order valence-electron chi connectivity index (χ0n) is 11.3. The number of aryl methyl sites for hydroxylation is 2. The van der Waals surface area contributed by atoms with Crippen LogP contribution in [0, 0.1) is 19.7 Å². The van der Waals surface area contributed by atoms with Crippen LogP contribution in [0.25, 0.3) is 16.7 Å². The Kier molecular flexibility index (Phi) is 3.22. The molecule has 0 amide bonds. The number of nitrogens with zero attached hydrogens (tertiary/aromatic N) is 2. The molecule has 3 aromatic rings. The molecule has 20 heavy (non-hydrogen) atoms. The lowest BCUT2D eigenvalue weighted by atomic mass is 10.2. The maximum atomic E-state index is 14.3. The molecule has 0 radical (unpaired) electrons. The van der Waals surface area contributed by atoms with Crippen molar-refractivity contribution in [2.75, 3.05) is 0 Å². The summed E-state index contributed by atoms with van der Waals surface area (Å²) in [5.41, 5.74) is 4.18. The van der Waals surface area contributed by atoms with Crippen molar-refractivity contribution in [1.82, 2.24) is 9.55 Å². The first kappa shape index (κ1) is 13.1. The largest absolute Gasteiger partial charge is 0.292 e. The fraction of sp³-hybridized carbons (Fsp3) is 0.188. The Bertz CT molecular complexity index is 793. The number of hydrogen-bond acceptors (Lipinski definition) is 1. The van der Waals surface area contributed by atoms with Gasteiger partial charge in [-0.15, -0.1) is 11.6 Å². The Labute approximate surface area is 121 Å². The second-order valence-corrected chi connectivity index (χ2v) is 5.21. The molecule has 0 N–H and O–H groups in total. The molecule has 0 aliphatic heterocycles. The third kappa shape index (κ3) is 2.08. The van der Waals surface area contributed by atoms with E-state index < -0.39 is 0 Å². The van der Waals surface area contributed by atoms with E-state index in [0.29, 0.717) is 11.5 Å². The van der Waals surface area contributed by atoms with Crippen LogP contribution < -0.4 is 0 Å². The van der Waals surface area contributed by atoms with Gasteiger partial charge in [0, 0.05) is 0 Å². The van der Waals surface area contributed by atoms with E-state index in [1.54, 1.807) is 10.6 Å². The molecule has 0 saturated carbocycles. The third-order valence-corrected chi connectivity index (χ3v) is 3.58. The van der Waals surface area contributed by atoms with Gasteiger partial charge in [0.1, 0.15) is 11.6 Å². The Morgan fingerprint density at radius 1 is 1.10 bits per heavy atom. The summed E-state index contributed by atoms with van der Waals surface area (Å²) in [6.07, 6.45) is 0. The van der Waals surface area contributed by atoms with Gasteiger partial charge in [0.25, 0.3) is 0 Å². The van der Waals surface area contributed by atoms with Gasteiger partial charge in [0.15, 0.2) is 0 Å². The maximum absolute atomic E-state index is 14.3. The smallest absolute Gasteiger partial charge is 0.147 e. The van der Waals surface area contributed by atoms with Gasteiger partial charge in [-0.1, -0.05) is 12.1 Å². The second-order valence-electron chi connectivity index (χ2n) is 4.94. The van der Waals surface area contributed by atoms with Gasteiger partial charge in [-0.25, -0.2) is 9.37 Å². The van der Waals surface area contributed by atoms with E-state index in [1.807, 2.05) is 38.1 Å². The highest BCUT2D eigenvalue weighted by molar-refractivity contribution is 6.17. The minimum Gasteiger partial charge on any atom is -0.292 e. The molecular weight excluding hydrogens is 275 g/mol. The van der Waals surface area contributed by atoms with Crippen molar-refractivity contribution in [3.05, 3.63) is 59.2 Å². The standard InChI is InChI=1S/C16H14ClFN2/c1-10-4-6-14(12(18)7-10)20-15-8-11(2)3-5-13(15)19-16(20)9-17/h3-8H,9H2,1-2H3. The molecule has 0 bridgehead atoms. The van der Waals surface area contributed by atoms with E-state index in [9.17, 15) is 4.39 Å². The first-order valence-corrected chi connectivity index (χ1v) is 6.94. The fourth-order valence-corrected chi connectivity index (χ4v) is 2.57. The third-order valence-electron chi connectivity index (χ3n) is 3.34. The molecule has 0 atom stereocenters. The lowest BCUT2D eigenvalue weighted by molar-refractivity contribution is 0.616. The summed E-state index contributed by atoms with van der Waals surface area (Å²) in [6.45, 7) is 3.87. The van der Waals surface area contributed by atoms with Crippen LogP contribution in [0.2, 0.25) is 0 Å². The first-order chi connectivity index (χ1) is 9.60. The molecule has 3 rings (SSSR count). The number of hydrogen-bond donors (Lipinski definition) is 0. The molecule has 0 spiro atoms. The Morgan fingerprint density at radius 2 is 1.80 bits per heavy atom.